The van der Waals surface area contributed by atoms with Crippen LogP contribution in [0.5, 0.6) is 0 Å². The van der Waals surface area contributed by atoms with Gasteiger partial charge in [0.1, 0.15) is 12.7 Å². The summed E-state index contributed by atoms with van der Waals surface area (Å²) in [6, 6.07) is 0. The molecular weight excluding hydrogens is 176 g/mol. The summed E-state index contributed by atoms with van der Waals surface area (Å²) in [5, 5.41) is 7.96. The Hall–Kier alpha value is -1.06. The first-order chi connectivity index (χ1) is 6.78. The third-order valence-corrected chi connectivity index (χ3v) is 2.12. The molecule has 14 heavy (non-hydrogen) atoms. The number of nitrogens with zero attached hydrogens (tertiary/aromatic N) is 4. The summed E-state index contributed by atoms with van der Waals surface area (Å²) in [5.74, 6) is 0. The van der Waals surface area contributed by atoms with E-state index >= 15 is 0 Å². The summed E-state index contributed by atoms with van der Waals surface area (Å²) in [7, 11) is 0. The first-order valence-corrected chi connectivity index (χ1v) is 5.33. The second-order valence-electron chi connectivity index (χ2n) is 2.90. The molecule has 0 bridgehead atoms. The van der Waals surface area contributed by atoms with Gasteiger partial charge in [0.25, 0.3) is 0 Å². The van der Waals surface area contributed by atoms with Crippen LogP contribution in [0.25, 0.3) is 0 Å². The molecule has 0 radical (unpaired) electrons. The monoisotopic (exact) mass is 198 g/mol. The van der Waals surface area contributed by atoms with E-state index in [1.165, 1.54) is 0 Å². The second kappa shape index (κ2) is 8.53. The summed E-state index contributed by atoms with van der Waals surface area (Å²) in [4.78, 5) is 4.19. The Morgan fingerprint density at radius 1 is 0.714 bits per heavy atom. The highest BCUT2D eigenvalue weighted by molar-refractivity contribution is 5.58. The van der Waals surface area contributed by atoms with E-state index in [2.05, 4.69) is 47.7 Å². The van der Waals surface area contributed by atoms with Crippen LogP contribution in [0.4, 0.5) is 0 Å². The molecule has 0 atom stereocenters. The molecule has 0 aromatic rings. The molecule has 0 aliphatic carbocycles. The van der Waals surface area contributed by atoms with Gasteiger partial charge >= 0.3 is 0 Å². The van der Waals surface area contributed by atoms with Crippen LogP contribution < -0.4 is 0 Å². The van der Waals surface area contributed by atoms with Gasteiger partial charge < -0.3 is 9.80 Å². The van der Waals surface area contributed by atoms with E-state index in [-0.39, 0.29) is 0 Å². The molecule has 0 aliphatic rings. The fraction of sp³-hybridized carbons (Fsp3) is 0.800. The molecule has 0 saturated heterocycles. The van der Waals surface area contributed by atoms with Gasteiger partial charge in [-0.15, -0.1) is 10.2 Å². The van der Waals surface area contributed by atoms with Crippen molar-refractivity contribution >= 4 is 12.7 Å². The molecule has 0 rings (SSSR count). The molecule has 0 amide bonds. The highest BCUT2D eigenvalue weighted by atomic mass is 15.3. The van der Waals surface area contributed by atoms with Crippen LogP contribution in [-0.2, 0) is 0 Å². The molecule has 0 unspecified atom stereocenters. The van der Waals surface area contributed by atoms with E-state index in [1.54, 1.807) is 12.7 Å². The number of hydrogen-bond donors (Lipinski definition) is 0. The lowest BCUT2D eigenvalue weighted by Crippen LogP contribution is -2.21. The fourth-order valence-corrected chi connectivity index (χ4v) is 0.980. The molecule has 4 nitrogen and oxygen atoms in total. The van der Waals surface area contributed by atoms with Crippen LogP contribution in [0.15, 0.2) is 10.2 Å². The molecule has 0 aliphatic heterocycles. The zero-order valence-corrected chi connectivity index (χ0v) is 9.77. The summed E-state index contributed by atoms with van der Waals surface area (Å²) in [6.07, 6.45) is 3.56. The highest BCUT2D eigenvalue weighted by Crippen LogP contribution is 1.84. The van der Waals surface area contributed by atoms with Crippen molar-refractivity contribution in [1.82, 2.24) is 9.80 Å². The Balaban J connectivity index is 3.89. The van der Waals surface area contributed by atoms with Gasteiger partial charge in [-0.3, -0.25) is 0 Å². The summed E-state index contributed by atoms with van der Waals surface area (Å²) in [5.41, 5.74) is 0. The van der Waals surface area contributed by atoms with Crippen molar-refractivity contribution in [2.75, 3.05) is 26.2 Å². The standard InChI is InChI=1S/C10H22N4/c1-5-13(6-2)9-11-12-10-14(7-3)8-4/h9-10H,5-8H2,1-4H3/b11-9+,12-10+. The van der Waals surface area contributed by atoms with E-state index in [4.69, 9.17) is 0 Å². The predicted molar refractivity (Wildman–Crippen MR) is 62.8 cm³/mol. The minimum absolute atomic E-state index is 0.973. The smallest absolute Gasteiger partial charge is 0.114 e. The molecule has 0 aromatic heterocycles. The van der Waals surface area contributed by atoms with Gasteiger partial charge in [-0.2, -0.15) is 0 Å². The van der Waals surface area contributed by atoms with E-state index in [0.717, 1.165) is 26.2 Å². The van der Waals surface area contributed by atoms with Crippen molar-refractivity contribution in [2.24, 2.45) is 10.2 Å². The van der Waals surface area contributed by atoms with Gasteiger partial charge in [-0.05, 0) is 27.7 Å². The van der Waals surface area contributed by atoms with Crippen LogP contribution in [0, 0.1) is 0 Å². The van der Waals surface area contributed by atoms with E-state index in [9.17, 15) is 0 Å². The molecule has 0 N–H and O–H groups in total. The van der Waals surface area contributed by atoms with Crippen molar-refractivity contribution in [1.29, 1.82) is 0 Å². The minimum Gasteiger partial charge on any atom is -0.362 e. The quantitative estimate of drug-likeness (QED) is 0.354. The predicted octanol–water partition coefficient (Wildman–Crippen LogP) is 1.64. The first kappa shape index (κ1) is 12.9. The van der Waals surface area contributed by atoms with E-state index in [1.807, 2.05) is 0 Å². The van der Waals surface area contributed by atoms with Crippen LogP contribution in [0.1, 0.15) is 27.7 Å². The van der Waals surface area contributed by atoms with Crippen LogP contribution >= 0.6 is 0 Å². The Labute approximate surface area is 87.3 Å². The largest absolute Gasteiger partial charge is 0.362 e. The molecule has 0 spiro atoms. The van der Waals surface area contributed by atoms with Crippen LogP contribution in [0.3, 0.4) is 0 Å². The van der Waals surface area contributed by atoms with Crippen LogP contribution in [0.2, 0.25) is 0 Å². The summed E-state index contributed by atoms with van der Waals surface area (Å²) < 4.78 is 0. The zero-order chi connectivity index (χ0) is 10.8. The highest BCUT2D eigenvalue weighted by Gasteiger charge is 1.90. The van der Waals surface area contributed by atoms with Crippen molar-refractivity contribution < 1.29 is 0 Å². The molecule has 82 valence electrons. The second-order valence-corrected chi connectivity index (χ2v) is 2.90. The maximum Gasteiger partial charge on any atom is 0.114 e. The number of hydrogen-bond acceptors (Lipinski definition) is 2. The normalized spacial score (nSPS) is 11.4. The van der Waals surface area contributed by atoms with Crippen molar-refractivity contribution in [2.45, 2.75) is 27.7 Å². The van der Waals surface area contributed by atoms with Gasteiger partial charge in [0, 0.05) is 26.2 Å². The molecule has 0 aromatic carbocycles. The Morgan fingerprint density at radius 2 is 1.00 bits per heavy atom. The third-order valence-electron chi connectivity index (χ3n) is 2.12. The van der Waals surface area contributed by atoms with E-state index in [0.29, 0.717) is 0 Å². The Morgan fingerprint density at radius 3 is 1.21 bits per heavy atom. The maximum absolute atomic E-state index is 3.98. The zero-order valence-electron chi connectivity index (χ0n) is 9.77. The van der Waals surface area contributed by atoms with Crippen molar-refractivity contribution in [3.8, 4) is 0 Å². The minimum atomic E-state index is 0.973. The topological polar surface area (TPSA) is 31.2 Å². The Bertz CT molecular complexity index is 149. The lowest BCUT2D eigenvalue weighted by molar-refractivity contribution is 0.473. The summed E-state index contributed by atoms with van der Waals surface area (Å²) in [6.45, 7) is 12.3. The van der Waals surface area contributed by atoms with Gasteiger partial charge in [-0.1, -0.05) is 0 Å². The molecule has 0 saturated carbocycles. The van der Waals surface area contributed by atoms with Gasteiger partial charge in [-0.25, -0.2) is 0 Å². The van der Waals surface area contributed by atoms with Gasteiger partial charge in [0.05, 0.1) is 0 Å². The number of rotatable bonds is 7. The SMILES string of the molecule is CCN(/C=N/N=C/N(CC)CC)CC. The molecule has 0 fully saturated rings. The Kier molecular flexibility index (Phi) is 7.89. The van der Waals surface area contributed by atoms with Gasteiger partial charge in [0.2, 0.25) is 0 Å². The summed E-state index contributed by atoms with van der Waals surface area (Å²) >= 11 is 0. The molecule has 0 heterocycles. The lowest BCUT2D eigenvalue weighted by atomic mass is 10.6. The maximum atomic E-state index is 3.98. The molecular formula is C10H22N4. The van der Waals surface area contributed by atoms with Crippen LogP contribution in [-0.4, -0.2) is 48.7 Å². The lowest BCUT2D eigenvalue weighted by Gasteiger charge is -2.13. The average Bonchev–Trinajstić information content (AvgIpc) is 2.24. The van der Waals surface area contributed by atoms with E-state index < -0.39 is 0 Å². The van der Waals surface area contributed by atoms with Crippen molar-refractivity contribution in [3.63, 3.8) is 0 Å². The third kappa shape index (κ3) is 5.56. The molecule has 4 heteroatoms. The first-order valence-electron chi connectivity index (χ1n) is 5.33. The average molecular weight is 198 g/mol. The van der Waals surface area contributed by atoms with Crippen molar-refractivity contribution in [3.05, 3.63) is 0 Å². The van der Waals surface area contributed by atoms with Gasteiger partial charge in [0.15, 0.2) is 0 Å². The fourth-order valence-electron chi connectivity index (χ4n) is 0.980.